The highest BCUT2D eigenvalue weighted by molar-refractivity contribution is 6.13. The Balaban J connectivity index is 0.888. The van der Waals surface area contributed by atoms with Crippen molar-refractivity contribution in [3.63, 3.8) is 0 Å². The van der Waals surface area contributed by atoms with Crippen LogP contribution in [-0.4, -0.2) is 10.7 Å². The van der Waals surface area contributed by atoms with Crippen LogP contribution in [0.3, 0.4) is 0 Å². The molecule has 330 valence electrons. The zero-order chi connectivity index (χ0) is 46.2. The van der Waals surface area contributed by atoms with Gasteiger partial charge in [-0.15, -0.1) is 0 Å². The zero-order valence-electron chi connectivity index (χ0n) is 39.2. The number of anilines is 3. The van der Waals surface area contributed by atoms with E-state index < -0.39 is 0 Å². The first-order valence-corrected chi connectivity index (χ1v) is 24.4. The third kappa shape index (κ3) is 5.86. The van der Waals surface area contributed by atoms with Crippen molar-refractivity contribution in [1.82, 2.24) is 4.57 Å². The fourth-order valence-electron chi connectivity index (χ4n) is 12.4. The number of para-hydroxylation sites is 1. The van der Waals surface area contributed by atoms with Crippen molar-refractivity contribution < 1.29 is 4.74 Å². The second-order valence-corrected chi connectivity index (χ2v) is 20.4. The topological polar surface area (TPSA) is 17.4 Å². The lowest BCUT2D eigenvalue weighted by Crippen LogP contribution is -2.16. The van der Waals surface area contributed by atoms with Gasteiger partial charge in [0.25, 0.3) is 0 Å². The number of rotatable bonds is 6. The van der Waals surface area contributed by atoms with Gasteiger partial charge in [-0.2, -0.15) is 0 Å². The molecule has 0 saturated carbocycles. The molecule has 14 rings (SSSR count). The minimum absolute atomic E-state index is 0.0712. The van der Waals surface area contributed by atoms with E-state index in [1.807, 2.05) is 0 Å². The Hall–Kier alpha value is -8.14. The fraction of sp³-hybridized carbons (Fsp3) is 0.121. The maximum atomic E-state index is 6.43. The molecule has 0 N–H and O–H groups in total. The van der Waals surface area contributed by atoms with Crippen molar-refractivity contribution in [3.05, 3.63) is 246 Å². The van der Waals surface area contributed by atoms with Gasteiger partial charge in [0.05, 0.1) is 16.7 Å². The second-order valence-electron chi connectivity index (χ2n) is 20.4. The number of allylic oxidation sites excluding steroid dienone is 2. The summed E-state index contributed by atoms with van der Waals surface area (Å²) in [5, 5.41) is 2.53. The van der Waals surface area contributed by atoms with E-state index in [9.17, 15) is 0 Å². The van der Waals surface area contributed by atoms with Gasteiger partial charge in [-0.1, -0.05) is 167 Å². The van der Waals surface area contributed by atoms with E-state index in [1.54, 1.807) is 0 Å². The monoisotopic (exact) mass is 886 g/mol. The molecular formula is C66H50N2O. The summed E-state index contributed by atoms with van der Waals surface area (Å²) in [6.07, 6.45) is 8.70. The first-order valence-electron chi connectivity index (χ1n) is 24.4. The molecule has 0 amide bonds. The fourth-order valence-corrected chi connectivity index (χ4v) is 12.4. The van der Waals surface area contributed by atoms with Gasteiger partial charge in [0.1, 0.15) is 11.9 Å². The normalized spacial score (nSPS) is 17.2. The minimum atomic E-state index is -0.123. The molecule has 2 heterocycles. The average molecular weight is 887 g/mol. The van der Waals surface area contributed by atoms with E-state index in [0.29, 0.717) is 0 Å². The lowest BCUT2D eigenvalue weighted by molar-refractivity contribution is 0.269. The maximum absolute atomic E-state index is 6.43. The van der Waals surface area contributed by atoms with Crippen LogP contribution < -0.4 is 9.64 Å². The van der Waals surface area contributed by atoms with Crippen LogP contribution in [0, 0.1) is 0 Å². The number of ether oxygens (including phenoxy) is 1. The number of fused-ring (bicyclic) bond motifs is 12. The summed E-state index contributed by atoms with van der Waals surface area (Å²) in [7, 11) is 0. The van der Waals surface area contributed by atoms with Crippen LogP contribution >= 0.6 is 0 Å². The van der Waals surface area contributed by atoms with E-state index >= 15 is 0 Å². The molecule has 2 unspecified atom stereocenters. The van der Waals surface area contributed by atoms with Crippen molar-refractivity contribution in [2.45, 2.75) is 50.5 Å². The Kier molecular flexibility index (Phi) is 8.50. The summed E-state index contributed by atoms with van der Waals surface area (Å²) in [5.74, 6) is 1.26. The Morgan fingerprint density at radius 2 is 1.04 bits per heavy atom. The third-order valence-corrected chi connectivity index (χ3v) is 15.9. The van der Waals surface area contributed by atoms with Crippen molar-refractivity contribution >= 4 is 38.9 Å². The van der Waals surface area contributed by atoms with Gasteiger partial charge in [0.2, 0.25) is 0 Å². The first-order chi connectivity index (χ1) is 33.7. The molecule has 0 spiro atoms. The Labute approximate surface area is 403 Å². The van der Waals surface area contributed by atoms with Crippen LogP contribution in [0.15, 0.2) is 218 Å². The highest BCUT2D eigenvalue weighted by Crippen LogP contribution is 2.55. The van der Waals surface area contributed by atoms with Crippen molar-refractivity contribution in [2.75, 3.05) is 4.90 Å². The van der Waals surface area contributed by atoms with Crippen molar-refractivity contribution in [1.29, 1.82) is 0 Å². The van der Waals surface area contributed by atoms with Gasteiger partial charge >= 0.3 is 0 Å². The molecule has 1 aromatic heterocycles. The van der Waals surface area contributed by atoms with Crippen LogP contribution in [0.5, 0.6) is 5.75 Å². The van der Waals surface area contributed by atoms with Crippen LogP contribution in [-0.2, 0) is 10.8 Å². The van der Waals surface area contributed by atoms with Gasteiger partial charge in [0.15, 0.2) is 0 Å². The summed E-state index contributed by atoms with van der Waals surface area (Å²) in [4.78, 5) is 2.45. The van der Waals surface area contributed by atoms with E-state index in [-0.39, 0.29) is 22.9 Å². The smallest absolute Gasteiger partial charge is 0.128 e. The number of hydrogen-bond acceptors (Lipinski definition) is 2. The molecule has 3 heteroatoms. The summed E-state index contributed by atoms with van der Waals surface area (Å²) in [6, 6.07) is 72.6. The average Bonchev–Trinajstić information content (AvgIpc) is 4.07. The summed E-state index contributed by atoms with van der Waals surface area (Å²) in [6.45, 7) is 9.46. The molecule has 0 bridgehead atoms. The van der Waals surface area contributed by atoms with Gasteiger partial charge in [-0.05, 0) is 140 Å². The molecule has 2 atom stereocenters. The third-order valence-electron chi connectivity index (χ3n) is 15.9. The molecule has 0 saturated heterocycles. The molecule has 0 fully saturated rings. The van der Waals surface area contributed by atoms with Gasteiger partial charge < -0.3 is 14.2 Å². The summed E-state index contributed by atoms with van der Waals surface area (Å²) in [5.41, 5.74) is 23.5. The molecule has 9 aromatic carbocycles. The van der Waals surface area contributed by atoms with Gasteiger partial charge in [0, 0.05) is 55.7 Å². The maximum Gasteiger partial charge on any atom is 0.128 e. The van der Waals surface area contributed by atoms with E-state index in [1.165, 1.54) is 94.4 Å². The number of hydrogen-bond donors (Lipinski definition) is 0. The molecule has 69 heavy (non-hydrogen) atoms. The van der Waals surface area contributed by atoms with Crippen LogP contribution in [0.1, 0.15) is 61.4 Å². The van der Waals surface area contributed by atoms with Gasteiger partial charge in [-0.3, -0.25) is 0 Å². The van der Waals surface area contributed by atoms with Crippen molar-refractivity contribution in [3.8, 4) is 55.9 Å². The predicted molar refractivity (Wildman–Crippen MR) is 287 cm³/mol. The first kappa shape index (κ1) is 40.0. The molecule has 3 aliphatic carbocycles. The summed E-state index contributed by atoms with van der Waals surface area (Å²) >= 11 is 0. The molecule has 10 aromatic rings. The lowest BCUT2D eigenvalue weighted by atomic mass is 9.82. The number of aromatic nitrogens is 1. The largest absolute Gasteiger partial charge is 0.485 e. The van der Waals surface area contributed by atoms with E-state index in [0.717, 1.165) is 28.3 Å². The van der Waals surface area contributed by atoms with Gasteiger partial charge in [-0.25, -0.2) is 0 Å². The molecule has 1 aliphatic heterocycles. The zero-order valence-corrected chi connectivity index (χ0v) is 39.2. The second kappa shape index (κ2) is 14.7. The van der Waals surface area contributed by atoms with Crippen LogP contribution in [0.4, 0.5) is 17.1 Å². The SMILES string of the molecule is CC1(C)c2ccccc2-c2cc3c4cc(-c5ccc(N(c6ccc(-c7ccc8c(c7)OC7C=CC=CC87)cc6)c6cccc7c6-c6ccccc6C7(C)C)cc5)ccc4n(-c4ccccc4)c3cc21. The standard InChI is InChI=1S/C66H50N2O/c1-65(2)56-21-12-9-19-51(56)64-57(65)22-14-23-60(64)67(47-33-27-42(28-34-47)44-29-35-50-49-18-10-13-24-62(49)69-63(50)38-44)46-31-25-41(26-32-46)43-30-36-59-53(37-43)54-39-52-48-17-8-11-20-55(48)66(3,4)58(52)40-61(54)68(59)45-15-6-5-7-16-45/h5-40,49,62H,1-4H3. The number of benzene rings is 9. The minimum Gasteiger partial charge on any atom is -0.485 e. The Bertz CT molecular complexity index is 3810. The van der Waals surface area contributed by atoms with Crippen LogP contribution in [0.2, 0.25) is 0 Å². The molecule has 0 radical (unpaired) electrons. The predicted octanol–water partition coefficient (Wildman–Crippen LogP) is 17.2. The highest BCUT2D eigenvalue weighted by atomic mass is 16.5. The van der Waals surface area contributed by atoms with E-state index in [4.69, 9.17) is 4.74 Å². The highest BCUT2D eigenvalue weighted by Gasteiger charge is 2.39. The van der Waals surface area contributed by atoms with Crippen LogP contribution in [0.25, 0.3) is 72.0 Å². The molecule has 3 nitrogen and oxygen atoms in total. The Morgan fingerprint density at radius 3 is 1.80 bits per heavy atom. The molecule has 4 aliphatic rings. The quantitative estimate of drug-likeness (QED) is 0.166. The summed E-state index contributed by atoms with van der Waals surface area (Å²) < 4.78 is 8.88. The van der Waals surface area contributed by atoms with E-state index in [2.05, 4.69) is 256 Å². The number of nitrogens with zero attached hydrogens (tertiary/aromatic N) is 2. The lowest BCUT2D eigenvalue weighted by Gasteiger charge is -2.29. The Morgan fingerprint density at radius 1 is 0.449 bits per heavy atom. The molecular weight excluding hydrogens is 837 g/mol. The van der Waals surface area contributed by atoms with Crippen molar-refractivity contribution in [2.24, 2.45) is 0 Å².